The summed E-state index contributed by atoms with van der Waals surface area (Å²) in [5.41, 5.74) is 1.90. The fraction of sp³-hybridized carbons (Fsp3) is 0.327. The molecular weight excluding hydrogens is 875 g/mol. The standard InChI is InChI=1S/C10H12BrFO.C10H13FO2.C10H13FO.C10H11FO.C9H9FO2/c1-6(2)7-4-8(11)10(13-3)5-9(7)12;1-10(2,12)8-5-4-7(13-3)6-9(8)11;2*1-7(2)9-5-4-8(12-3)6-10(9)11;1-6(11)8-4-3-7(12-2)5-9(8)10/h4-6H,1-3H3;4-6,12H,1-3H3;4-7H,1-3H3;4-6H,1H2,2-3H3;3-5H,1-2H3. The molecule has 5 aromatic carbocycles. The molecule has 0 aliphatic rings. The first kappa shape index (κ1) is 54.6. The van der Waals surface area contributed by atoms with Crippen LogP contribution in [0.25, 0.3) is 5.57 Å². The first-order valence-electron chi connectivity index (χ1n) is 19.2. The van der Waals surface area contributed by atoms with Crippen LogP contribution in [0.4, 0.5) is 22.0 Å². The Morgan fingerprint density at radius 3 is 1.29 bits per heavy atom. The van der Waals surface area contributed by atoms with Gasteiger partial charge in [0.25, 0.3) is 0 Å². The monoisotopic (exact) mass is 932 g/mol. The number of ether oxygens (including phenoxy) is 5. The van der Waals surface area contributed by atoms with Gasteiger partial charge < -0.3 is 28.8 Å². The van der Waals surface area contributed by atoms with Crippen molar-refractivity contribution in [2.75, 3.05) is 35.5 Å². The number of Topliss-reactive ketones (excluding diaryl/α,β-unsaturated/α-hetero) is 1. The van der Waals surface area contributed by atoms with E-state index in [1.807, 2.05) is 27.7 Å². The second-order valence-corrected chi connectivity index (χ2v) is 15.5. The molecule has 0 saturated heterocycles. The third kappa shape index (κ3) is 17.5. The molecule has 338 valence electrons. The third-order valence-electron chi connectivity index (χ3n) is 8.75. The zero-order valence-corrected chi connectivity index (χ0v) is 39.2. The highest BCUT2D eigenvalue weighted by Gasteiger charge is 2.20. The van der Waals surface area contributed by atoms with Crippen molar-refractivity contribution in [3.63, 3.8) is 0 Å². The van der Waals surface area contributed by atoms with Crippen LogP contribution in [0.1, 0.15) is 99.8 Å². The predicted octanol–water partition coefficient (Wildman–Crippen LogP) is 13.6. The normalized spacial score (nSPS) is 10.4. The molecule has 62 heavy (non-hydrogen) atoms. The van der Waals surface area contributed by atoms with Crippen LogP contribution in [-0.2, 0) is 5.60 Å². The summed E-state index contributed by atoms with van der Waals surface area (Å²) in [5, 5.41) is 9.55. The molecule has 0 aliphatic heterocycles. The largest absolute Gasteiger partial charge is 0.497 e. The Kier molecular flexibility index (Phi) is 23.0. The molecule has 0 atom stereocenters. The Hall–Kier alpha value is -5.40. The van der Waals surface area contributed by atoms with Gasteiger partial charge >= 0.3 is 0 Å². The van der Waals surface area contributed by atoms with Crippen molar-refractivity contribution in [2.24, 2.45) is 0 Å². The van der Waals surface area contributed by atoms with Crippen LogP contribution in [0, 0.1) is 29.1 Å². The molecule has 7 nitrogen and oxygen atoms in total. The van der Waals surface area contributed by atoms with Crippen LogP contribution in [0.5, 0.6) is 28.7 Å². The minimum atomic E-state index is -1.16. The molecule has 1 N–H and O–H groups in total. The minimum Gasteiger partial charge on any atom is -0.497 e. The molecule has 0 heterocycles. The second kappa shape index (κ2) is 26.2. The topological polar surface area (TPSA) is 83.5 Å². The van der Waals surface area contributed by atoms with Crippen LogP contribution in [0.3, 0.4) is 0 Å². The summed E-state index contributed by atoms with van der Waals surface area (Å²) in [6.07, 6.45) is 0. The van der Waals surface area contributed by atoms with Gasteiger partial charge in [0.15, 0.2) is 5.78 Å². The SMILES string of the molecule is C=C(C)c1ccc(OC)cc1F.COc1cc(F)c(C(C)C)cc1Br.COc1ccc(C(C)(C)O)c(F)c1.COc1ccc(C(C)=O)c(F)c1.COc1ccc(C(C)C)c(F)c1. The van der Waals surface area contributed by atoms with Crippen molar-refractivity contribution in [1.82, 2.24) is 0 Å². The molecule has 0 aromatic heterocycles. The Labute approximate surface area is 371 Å². The number of carbonyl (C=O) groups excluding carboxylic acids is 1. The average molecular weight is 934 g/mol. The zero-order valence-electron chi connectivity index (χ0n) is 37.6. The van der Waals surface area contributed by atoms with Crippen LogP contribution >= 0.6 is 15.9 Å². The lowest BCUT2D eigenvalue weighted by atomic mass is 9.98. The molecule has 5 rings (SSSR count). The summed E-state index contributed by atoms with van der Waals surface area (Å²) in [7, 11) is 7.48. The quantitative estimate of drug-likeness (QED) is 0.110. The number of aliphatic hydroxyl groups is 1. The first-order chi connectivity index (χ1) is 28.9. The molecule has 5 aromatic rings. The molecule has 0 saturated carbocycles. The van der Waals surface area contributed by atoms with E-state index in [2.05, 4.69) is 22.5 Å². The summed E-state index contributed by atoms with van der Waals surface area (Å²) in [6.45, 7) is 17.7. The Morgan fingerprint density at radius 2 is 0.952 bits per heavy atom. The summed E-state index contributed by atoms with van der Waals surface area (Å²) in [6, 6.07) is 21.4. The maximum atomic E-state index is 13.4. The number of ketones is 1. The van der Waals surface area contributed by atoms with E-state index in [0.717, 1.165) is 15.6 Å². The van der Waals surface area contributed by atoms with E-state index in [4.69, 9.17) is 23.7 Å². The smallest absolute Gasteiger partial charge is 0.162 e. The van der Waals surface area contributed by atoms with E-state index >= 15 is 0 Å². The molecule has 0 unspecified atom stereocenters. The fourth-order valence-corrected chi connectivity index (χ4v) is 5.77. The highest BCUT2D eigenvalue weighted by molar-refractivity contribution is 9.10. The van der Waals surface area contributed by atoms with Gasteiger partial charge in [-0.25, -0.2) is 22.0 Å². The zero-order chi connectivity index (χ0) is 47.5. The summed E-state index contributed by atoms with van der Waals surface area (Å²) >= 11 is 3.32. The third-order valence-corrected chi connectivity index (χ3v) is 9.37. The highest BCUT2D eigenvalue weighted by Crippen LogP contribution is 2.31. The van der Waals surface area contributed by atoms with Crippen molar-refractivity contribution in [2.45, 2.75) is 72.8 Å². The lowest BCUT2D eigenvalue weighted by molar-refractivity contribution is 0.0744. The van der Waals surface area contributed by atoms with Crippen molar-refractivity contribution < 1.29 is 55.5 Å². The molecule has 13 heteroatoms. The second-order valence-electron chi connectivity index (χ2n) is 14.6. The summed E-state index contributed by atoms with van der Waals surface area (Å²) in [5.74, 6) is 0.919. The van der Waals surface area contributed by atoms with Crippen molar-refractivity contribution >= 4 is 27.3 Å². The van der Waals surface area contributed by atoms with Crippen molar-refractivity contribution in [3.8, 4) is 28.7 Å². The molecule has 0 radical (unpaired) electrons. The van der Waals surface area contributed by atoms with Crippen molar-refractivity contribution in [1.29, 1.82) is 0 Å². The van der Waals surface area contributed by atoms with Crippen LogP contribution in [0.2, 0.25) is 0 Å². The number of rotatable bonds is 10. The van der Waals surface area contributed by atoms with Gasteiger partial charge in [-0.3, -0.25) is 4.79 Å². The first-order valence-corrected chi connectivity index (χ1v) is 20.0. The van der Waals surface area contributed by atoms with E-state index in [1.165, 1.54) is 98.8 Å². The number of methoxy groups -OCH3 is 5. The van der Waals surface area contributed by atoms with Gasteiger partial charge in [0.2, 0.25) is 0 Å². The van der Waals surface area contributed by atoms with Gasteiger partial charge in [-0.15, -0.1) is 0 Å². The van der Waals surface area contributed by atoms with E-state index < -0.39 is 17.2 Å². The van der Waals surface area contributed by atoms with Gasteiger partial charge in [-0.05, 0) is 121 Å². The lowest BCUT2D eigenvalue weighted by Crippen LogP contribution is -2.17. The van der Waals surface area contributed by atoms with Gasteiger partial charge in [-0.1, -0.05) is 40.3 Å². The van der Waals surface area contributed by atoms with Crippen molar-refractivity contribution in [3.05, 3.63) is 153 Å². The average Bonchev–Trinajstić information content (AvgIpc) is 3.21. The fourth-order valence-electron chi connectivity index (χ4n) is 5.24. The number of carbonyl (C=O) groups is 1. The Morgan fingerprint density at radius 1 is 0.565 bits per heavy atom. The number of hydrogen-bond acceptors (Lipinski definition) is 7. The molecule has 0 spiro atoms. The summed E-state index contributed by atoms with van der Waals surface area (Å²) in [4.78, 5) is 10.8. The molecule has 0 amide bonds. The summed E-state index contributed by atoms with van der Waals surface area (Å²) < 4.78 is 91.1. The van der Waals surface area contributed by atoms with Crippen LogP contribution in [0.15, 0.2) is 96.0 Å². The molecule has 0 bridgehead atoms. The number of allylic oxidation sites excluding steroid dienone is 1. The molecule has 0 aliphatic carbocycles. The van der Waals surface area contributed by atoms with Gasteiger partial charge in [-0.2, -0.15) is 0 Å². The number of hydrogen-bond donors (Lipinski definition) is 1. The minimum absolute atomic E-state index is 0.0933. The lowest BCUT2D eigenvalue weighted by Gasteiger charge is -2.18. The van der Waals surface area contributed by atoms with E-state index in [9.17, 15) is 31.9 Å². The van der Waals surface area contributed by atoms with E-state index in [1.54, 1.807) is 49.4 Å². The maximum absolute atomic E-state index is 13.4. The molecule has 0 fully saturated rings. The molecular formula is C49H58BrF5O7. The van der Waals surface area contributed by atoms with E-state index in [0.29, 0.717) is 39.9 Å². The van der Waals surface area contributed by atoms with Crippen LogP contribution < -0.4 is 23.7 Å². The van der Waals surface area contributed by atoms with Gasteiger partial charge in [0, 0.05) is 41.5 Å². The predicted molar refractivity (Wildman–Crippen MR) is 241 cm³/mol. The van der Waals surface area contributed by atoms with Crippen LogP contribution in [-0.4, -0.2) is 46.4 Å². The Balaban J connectivity index is 0.000000388. The Bertz CT molecular complexity index is 2160. The van der Waals surface area contributed by atoms with Gasteiger partial charge in [0.05, 0.1) is 51.2 Å². The number of benzene rings is 5. The number of halogens is 6. The van der Waals surface area contributed by atoms with E-state index in [-0.39, 0.29) is 46.2 Å². The van der Waals surface area contributed by atoms with Gasteiger partial charge in [0.1, 0.15) is 57.8 Å². The maximum Gasteiger partial charge on any atom is 0.162 e. The highest BCUT2D eigenvalue weighted by atomic mass is 79.9.